The zero-order valence-corrected chi connectivity index (χ0v) is 31.8. The summed E-state index contributed by atoms with van der Waals surface area (Å²) in [6, 6.07) is 7.74. The largest absolute Gasteiger partial charge is 0.426 e. The third-order valence-corrected chi connectivity index (χ3v) is 12.0. The Morgan fingerprint density at radius 1 is 0.592 bits per heavy atom. The number of ether oxygens (including phenoxy) is 1. The predicted molar refractivity (Wildman–Crippen MR) is 207 cm³/mol. The van der Waals surface area contributed by atoms with E-state index in [2.05, 4.69) is 23.8 Å². The fourth-order valence-corrected chi connectivity index (χ4v) is 8.66. The normalized spacial score (nSPS) is 21.1. The van der Waals surface area contributed by atoms with Gasteiger partial charge in [0.15, 0.2) is 5.82 Å². The number of hydrogen-bond donors (Lipinski definition) is 0. The molecule has 0 N–H and O–H groups in total. The lowest BCUT2D eigenvalue weighted by Crippen LogP contribution is -2.30. The van der Waals surface area contributed by atoms with E-state index in [4.69, 9.17) is 4.74 Å². The van der Waals surface area contributed by atoms with Crippen molar-refractivity contribution < 1.29 is 9.53 Å². The Morgan fingerprint density at radius 2 is 1.06 bits per heavy atom. The zero-order chi connectivity index (χ0) is 34.4. The van der Waals surface area contributed by atoms with Crippen molar-refractivity contribution in [2.45, 2.75) is 194 Å². The molecule has 1 aromatic carbocycles. The number of rotatable bonds is 24. The van der Waals surface area contributed by atoms with E-state index in [1.807, 2.05) is 36.7 Å². The molecule has 0 radical (unpaired) electrons. The predicted octanol–water partition coefficient (Wildman–Crippen LogP) is 13.7. The smallest absolute Gasteiger partial charge is 0.314 e. The summed E-state index contributed by atoms with van der Waals surface area (Å²) < 4.78 is 5.86. The quantitative estimate of drug-likeness (QED) is 0.0632. The van der Waals surface area contributed by atoms with Crippen molar-refractivity contribution in [1.29, 1.82) is 0 Å². The standard InChI is InChI=1S/C45H72N2O2/c1-3-5-7-9-11-13-14-16-18-20-22-38-35-46-44(47-36-38)41-31-33-43(34-32-41)49-45(48)42-29-27-40(28-30-42)39-25-23-37(24-26-39)21-19-17-15-12-10-8-6-4-2/h31-37,39-40,42H,3-30H2,1-2H3. The summed E-state index contributed by atoms with van der Waals surface area (Å²) in [6.07, 6.45) is 41.5. The third-order valence-electron chi connectivity index (χ3n) is 12.0. The average Bonchev–Trinajstić information content (AvgIpc) is 3.14. The molecule has 2 saturated carbocycles. The Kier molecular flexibility index (Phi) is 19.4. The van der Waals surface area contributed by atoms with Gasteiger partial charge in [-0.05, 0) is 98.9 Å². The number of hydrogen-bond acceptors (Lipinski definition) is 4. The van der Waals surface area contributed by atoms with Crippen LogP contribution < -0.4 is 4.74 Å². The van der Waals surface area contributed by atoms with Crippen LogP contribution in [0.1, 0.15) is 193 Å². The van der Waals surface area contributed by atoms with Gasteiger partial charge in [0.25, 0.3) is 0 Å². The van der Waals surface area contributed by atoms with Gasteiger partial charge in [-0.1, -0.05) is 142 Å². The maximum absolute atomic E-state index is 13.1. The number of unbranched alkanes of at least 4 members (excludes halogenated alkanes) is 16. The first kappa shape index (κ1) is 39.6. The van der Waals surface area contributed by atoms with Crippen molar-refractivity contribution in [3.05, 3.63) is 42.2 Å². The molecule has 4 heteroatoms. The van der Waals surface area contributed by atoms with Gasteiger partial charge in [0.2, 0.25) is 0 Å². The summed E-state index contributed by atoms with van der Waals surface area (Å²) in [6.45, 7) is 4.58. The molecule has 4 nitrogen and oxygen atoms in total. The number of carbonyl (C=O) groups excluding carboxylic acids is 1. The lowest BCUT2D eigenvalue weighted by Gasteiger charge is -2.37. The van der Waals surface area contributed by atoms with Gasteiger partial charge in [-0.3, -0.25) is 4.79 Å². The number of benzene rings is 1. The monoisotopic (exact) mass is 673 g/mol. The van der Waals surface area contributed by atoms with E-state index in [1.54, 1.807) is 0 Å². The molecule has 1 heterocycles. The van der Waals surface area contributed by atoms with Crippen LogP contribution in [0.25, 0.3) is 11.4 Å². The molecule has 1 aromatic heterocycles. The Labute approximate surface area is 301 Å². The Hall–Kier alpha value is -2.23. The second kappa shape index (κ2) is 24.0. The third kappa shape index (κ3) is 15.3. The number of aromatic nitrogens is 2. The van der Waals surface area contributed by atoms with Crippen LogP contribution in [-0.4, -0.2) is 15.9 Å². The summed E-state index contributed by atoms with van der Waals surface area (Å²) in [5.41, 5.74) is 2.17. The Balaban J connectivity index is 1.06. The molecule has 49 heavy (non-hydrogen) atoms. The van der Waals surface area contributed by atoms with Gasteiger partial charge in [0, 0.05) is 18.0 Å². The summed E-state index contributed by atoms with van der Waals surface area (Å²) in [5, 5.41) is 0. The molecule has 2 aliphatic rings. The van der Waals surface area contributed by atoms with Crippen molar-refractivity contribution >= 4 is 5.97 Å². The van der Waals surface area contributed by atoms with Crippen LogP contribution in [0.15, 0.2) is 36.7 Å². The maximum atomic E-state index is 13.1. The lowest BCUT2D eigenvalue weighted by atomic mass is 9.68. The molecule has 0 aliphatic heterocycles. The molecule has 0 unspecified atom stereocenters. The molecular formula is C45H72N2O2. The Morgan fingerprint density at radius 3 is 1.59 bits per heavy atom. The zero-order valence-electron chi connectivity index (χ0n) is 31.8. The van der Waals surface area contributed by atoms with Crippen LogP contribution in [-0.2, 0) is 11.2 Å². The van der Waals surface area contributed by atoms with Gasteiger partial charge in [-0.15, -0.1) is 0 Å². The summed E-state index contributed by atoms with van der Waals surface area (Å²) in [4.78, 5) is 22.3. The fraction of sp³-hybridized carbons (Fsp3) is 0.756. The molecular weight excluding hydrogens is 601 g/mol. The first-order valence-electron chi connectivity index (χ1n) is 21.3. The van der Waals surface area contributed by atoms with Gasteiger partial charge < -0.3 is 4.74 Å². The van der Waals surface area contributed by atoms with E-state index in [-0.39, 0.29) is 11.9 Å². The van der Waals surface area contributed by atoms with Crippen LogP contribution in [0.4, 0.5) is 0 Å². The average molecular weight is 673 g/mol. The van der Waals surface area contributed by atoms with Gasteiger partial charge in [0.05, 0.1) is 5.92 Å². The highest BCUT2D eigenvalue weighted by Crippen LogP contribution is 2.42. The summed E-state index contributed by atoms with van der Waals surface area (Å²) >= 11 is 0. The lowest BCUT2D eigenvalue weighted by molar-refractivity contribution is -0.140. The molecule has 0 bridgehead atoms. The van der Waals surface area contributed by atoms with Crippen LogP contribution in [0.2, 0.25) is 0 Å². The van der Waals surface area contributed by atoms with E-state index >= 15 is 0 Å². The van der Waals surface area contributed by atoms with E-state index in [0.717, 1.165) is 48.4 Å². The van der Waals surface area contributed by atoms with Crippen molar-refractivity contribution in [1.82, 2.24) is 9.97 Å². The first-order chi connectivity index (χ1) is 24.2. The highest BCUT2D eigenvalue weighted by molar-refractivity contribution is 5.75. The molecule has 0 saturated heterocycles. The summed E-state index contributed by atoms with van der Waals surface area (Å²) in [5.74, 6) is 4.02. The van der Waals surface area contributed by atoms with Gasteiger partial charge in [0.1, 0.15) is 5.75 Å². The molecule has 274 valence electrons. The fourth-order valence-electron chi connectivity index (χ4n) is 8.66. The maximum Gasteiger partial charge on any atom is 0.314 e. The topological polar surface area (TPSA) is 52.1 Å². The minimum Gasteiger partial charge on any atom is -0.426 e. The number of esters is 1. The van der Waals surface area contributed by atoms with Crippen molar-refractivity contribution in [3.63, 3.8) is 0 Å². The molecule has 4 rings (SSSR count). The van der Waals surface area contributed by atoms with E-state index < -0.39 is 0 Å². The summed E-state index contributed by atoms with van der Waals surface area (Å²) in [7, 11) is 0. The number of aryl methyl sites for hydroxylation is 1. The first-order valence-corrected chi connectivity index (χ1v) is 21.3. The van der Waals surface area contributed by atoms with Crippen LogP contribution in [0.5, 0.6) is 5.75 Å². The molecule has 2 fully saturated rings. The molecule has 0 spiro atoms. The molecule has 2 aromatic rings. The van der Waals surface area contributed by atoms with Gasteiger partial charge in [-0.2, -0.15) is 0 Å². The minimum atomic E-state index is -0.0483. The molecule has 0 atom stereocenters. The SMILES string of the molecule is CCCCCCCCCCCCc1cnc(-c2ccc(OC(=O)C3CCC(C4CCC(CCCCCCCCCC)CC4)CC3)cc2)nc1. The van der Waals surface area contributed by atoms with Crippen LogP contribution in [0.3, 0.4) is 0 Å². The van der Waals surface area contributed by atoms with Crippen LogP contribution >= 0.6 is 0 Å². The van der Waals surface area contributed by atoms with Crippen molar-refractivity contribution in [2.24, 2.45) is 23.7 Å². The second-order valence-electron chi connectivity index (χ2n) is 15.9. The van der Waals surface area contributed by atoms with Crippen molar-refractivity contribution in [3.8, 4) is 17.1 Å². The van der Waals surface area contributed by atoms with E-state index in [0.29, 0.717) is 5.75 Å². The minimum absolute atomic E-state index is 0.0423. The van der Waals surface area contributed by atoms with E-state index in [9.17, 15) is 4.79 Å². The second-order valence-corrected chi connectivity index (χ2v) is 15.9. The number of nitrogens with zero attached hydrogens (tertiary/aromatic N) is 2. The van der Waals surface area contributed by atoms with Crippen LogP contribution in [0, 0.1) is 23.7 Å². The van der Waals surface area contributed by atoms with Gasteiger partial charge >= 0.3 is 5.97 Å². The highest BCUT2D eigenvalue weighted by atomic mass is 16.5. The van der Waals surface area contributed by atoms with E-state index in [1.165, 1.54) is 166 Å². The Bertz CT molecular complexity index is 1110. The van der Waals surface area contributed by atoms with Gasteiger partial charge in [-0.25, -0.2) is 9.97 Å². The van der Waals surface area contributed by atoms with Crippen molar-refractivity contribution in [2.75, 3.05) is 0 Å². The molecule has 0 amide bonds. The highest BCUT2D eigenvalue weighted by Gasteiger charge is 2.33. The molecule has 2 aliphatic carbocycles. The number of carbonyl (C=O) groups is 1.